The summed E-state index contributed by atoms with van der Waals surface area (Å²) in [5.74, 6) is 0.546. The Labute approximate surface area is 213 Å². The molecular weight excluding hydrogens is 563 g/mol. The highest BCUT2D eigenvalue weighted by atomic mass is 127. The van der Waals surface area contributed by atoms with Gasteiger partial charge in [0.25, 0.3) is 10.0 Å². The Hall–Kier alpha value is -2.85. The number of hydrogen-bond acceptors (Lipinski definition) is 5. The number of hydrogen-bond donors (Lipinski definition) is 2. The van der Waals surface area contributed by atoms with Crippen LogP contribution in [0.3, 0.4) is 0 Å². The second-order valence-corrected chi connectivity index (χ2v) is 11.6. The van der Waals surface area contributed by atoms with Gasteiger partial charge in [0.2, 0.25) is 0 Å². The fraction of sp³-hybridized carbons (Fsp3) is 0.192. The molecule has 0 aromatic heterocycles. The Kier molecular flexibility index (Phi) is 6.73. The summed E-state index contributed by atoms with van der Waals surface area (Å²) in [5, 5.41) is 3.46. The first-order valence-electron chi connectivity index (χ1n) is 10.7. The lowest BCUT2D eigenvalue weighted by Gasteiger charge is -2.35. The van der Waals surface area contributed by atoms with Gasteiger partial charge in [-0.05, 0) is 97.0 Å². The van der Waals surface area contributed by atoms with Crippen LogP contribution in [0.1, 0.15) is 35.3 Å². The first-order chi connectivity index (χ1) is 16.1. The summed E-state index contributed by atoms with van der Waals surface area (Å²) in [6.45, 7) is 4.18. The molecule has 0 saturated heterocycles. The van der Waals surface area contributed by atoms with E-state index in [-0.39, 0.29) is 16.2 Å². The number of nitrogens with one attached hydrogen (secondary N) is 2. The lowest BCUT2D eigenvalue weighted by molar-refractivity contribution is 0.104. The number of ether oxygens (including phenoxy) is 1. The quantitative estimate of drug-likeness (QED) is 0.234. The number of fused-ring (bicyclic) bond motifs is 1. The van der Waals surface area contributed by atoms with Crippen molar-refractivity contribution in [2.24, 2.45) is 0 Å². The fourth-order valence-electron chi connectivity index (χ4n) is 3.94. The van der Waals surface area contributed by atoms with Crippen molar-refractivity contribution in [1.29, 1.82) is 0 Å². The van der Waals surface area contributed by atoms with Crippen molar-refractivity contribution in [3.8, 4) is 5.75 Å². The lowest BCUT2D eigenvalue weighted by atomic mass is 9.85. The zero-order valence-electron chi connectivity index (χ0n) is 19.1. The number of sulfonamides is 1. The smallest absolute Gasteiger partial charge is 0.262 e. The molecule has 0 spiro atoms. The molecule has 0 radical (unpaired) electrons. The van der Waals surface area contributed by atoms with Gasteiger partial charge in [0, 0.05) is 37.7 Å². The molecule has 34 heavy (non-hydrogen) atoms. The zero-order valence-corrected chi connectivity index (χ0v) is 22.0. The summed E-state index contributed by atoms with van der Waals surface area (Å²) in [6.07, 6.45) is 2.41. The first kappa shape index (κ1) is 24.3. The number of anilines is 1. The highest BCUT2D eigenvalue weighted by molar-refractivity contribution is 14.1. The SMILES string of the molecule is COc1ccc2c(c1)C(=CC(=O)c1ccc(NS(=O)(=O)c3ccccc3I)cc1)NC(C)(C)C2. The van der Waals surface area contributed by atoms with Crippen molar-refractivity contribution in [2.45, 2.75) is 30.7 Å². The number of ketones is 1. The van der Waals surface area contributed by atoms with Crippen LogP contribution in [-0.4, -0.2) is 26.8 Å². The molecule has 0 unspecified atom stereocenters. The van der Waals surface area contributed by atoms with Crippen molar-refractivity contribution in [1.82, 2.24) is 5.32 Å². The molecule has 8 heteroatoms. The topological polar surface area (TPSA) is 84.5 Å². The van der Waals surface area contributed by atoms with Crippen LogP contribution in [0.4, 0.5) is 5.69 Å². The maximum absolute atomic E-state index is 13.1. The Bertz CT molecular complexity index is 1380. The van der Waals surface area contributed by atoms with Gasteiger partial charge in [-0.1, -0.05) is 18.2 Å². The average molecular weight is 588 g/mol. The zero-order chi connectivity index (χ0) is 24.5. The van der Waals surface area contributed by atoms with Gasteiger partial charge in [-0.15, -0.1) is 0 Å². The molecule has 1 aliphatic heterocycles. The van der Waals surface area contributed by atoms with Crippen LogP contribution in [0.25, 0.3) is 5.70 Å². The number of rotatable bonds is 6. The molecule has 3 aromatic rings. The molecule has 2 N–H and O–H groups in total. The molecule has 0 bridgehead atoms. The minimum Gasteiger partial charge on any atom is -0.497 e. The molecule has 176 valence electrons. The summed E-state index contributed by atoms with van der Waals surface area (Å²) in [6, 6.07) is 19.1. The van der Waals surface area contributed by atoms with Crippen LogP contribution in [0.2, 0.25) is 0 Å². The van der Waals surface area contributed by atoms with Crippen molar-refractivity contribution in [2.75, 3.05) is 11.8 Å². The third kappa shape index (κ3) is 5.28. The largest absolute Gasteiger partial charge is 0.497 e. The lowest BCUT2D eigenvalue weighted by Crippen LogP contribution is -2.43. The monoisotopic (exact) mass is 588 g/mol. The third-order valence-corrected chi connectivity index (χ3v) is 8.28. The molecule has 0 saturated carbocycles. The van der Waals surface area contributed by atoms with Crippen molar-refractivity contribution in [3.63, 3.8) is 0 Å². The van der Waals surface area contributed by atoms with Gasteiger partial charge in [-0.25, -0.2) is 8.42 Å². The predicted octanol–water partition coefficient (Wildman–Crippen LogP) is 5.25. The maximum Gasteiger partial charge on any atom is 0.262 e. The number of allylic oxidation sites excluding steroid dienone is 1. The predicted molar refractivity (Wildman–Crippen MR) is 143 cm³/mol. The van der Waals surface area contributed by atoms with E-state index in [0.717, 1.165) is 29.0 Å². The molecular formula is C26H25IN2O4S. The minimum absolute atomic E-state index is 0.180. The van der Waals surface area contributed by atoms with E-state index in [9.17, 15) is 13.2 Å². The van der Waals surface area contributed by atoms with Gasteiger partial charge in [0.15, 0.2) is 5.78 Å². The van der Waals surface area contributed by atoms with Crippen LogP contribution < -0.4 is 14.8 Å². The number of halogens is 1. The maximum atomic E-state index is 13.1. The molecule has 6 nitrogen and oxygen atoms in total. The van der Waals surface area contributed by atoms with E-state index in [0.29, 0.717) is 14.8 Å². The van der Waals surface area contributed by atoms with E-state index >= 15 is 0 Å². The van der Waals surface area contributed by atoms with E-state index in [1.165, 1.54) is 0 Å². The van der Waals surface area contributed by atoms with Crippen LogP contribution >= 0.6 is 22.6 Å². The molecule has 0 amide bonds. The van der Waals surface area contributed by atoms with Gasteiger partial charge in [-0.3, -0.25) is 9.52 Å². The average Bonchev–Trinajstić information content (AvgIpc) is 2.78. The van der Waals surface area contributed by atoms with E-state index in [1.807, 2.05) is 40.8 Å². The number of benzene rings is 3. The normalized spacial score (nSPS) is 15.8. The summed E-state index contributed by atoms with van der Waals surface area (Å²) >= 11 is 1.99. The molecule has 0 fully saturated rings. The fourth-order valence-corrected chi connectivity index (χ4v) is 6.34. The van der Waals surface area contributed by atoms with Gasteiger partial charge >= 0.3 is 0 Å². The second kappa shape index (κ2) is 9.42. The van der Waals surface area contributed by atoms with Gasteiger partial charge in [-0.2, -0.15) is 0 Å². The minimum atomic E-state index is -3.73. The molecule has 0 aliphatic carbocycles. The summed E-state index contributed by atoms with van der Waals surface area (Å²) in [5.41, 5.74) is 3.46. The molecule has 1 heterocycles. The Morgan fingerprint density at radius 3 is 2.47 bits per heavy atom. The number of carbonyl (C=O) groups excluding carboxylic acids is 1. The van der Waals surface area contributed by atoms with Crippen LogP contribution in [0, 0.1) is 3.57 Å². The van der Waals surface area contributed by atoms with Gasteiger partial charge in [0.05, 0.1) is 7.11 Å². The van der Waals surface area contributed by atoms with E-state index in [1.54, 1.807) is 61.7 Å². The Balaban J connectivity index is 1.58. The molecule has 3 aromatic carbocycles. The van der Waals surface area contributed by atoms with Crippen molar-refractivity contribution < 1.29 is 17.9 Å². The van der Waals surface area contributed by atoms with E-state index < -0.39 is 10.0 Å². The van der Waals surface area contributed by atoms with Crippen molar-refractivity contribution in [3.05, 3.63) is 93.1 Å². The number of carbonyl (C=O) groups is 1. The highest BCUT2D eigenvalue weighted by Gasteiger charge is 2.28. The standard InChI is InChI=1S/C26H25IN2O4S/c1-26(2)16-18-10-13-20(33-3)14-21(18)23(28-26)15-24(30)17-8-11-19(12-9-17)29-34(31,32)25-7-5-4-6-22(25)27/h4-15,28-29H,16H2,1-3H3. The molecule has 1 aliphatic rings. The van der Waals surface area contributed by atoms with E-state index in [2.05, 4.69) is 23.9 Å². The summed E-state index contributed by atoms with van der Waals surface area (Å²) in [4.78, 5) is 13.3. The van der Waals surface area contributed by atoms with Gasteiger partial charge < -0.3 is 10.1 Å². The summed E-state index contributed by atoms with van der Waals surface area (Å²) in [7, 11) is -2.11. The Morgan fingerprint density at radius 2 is 1.79 bits per heavy atom. The Morgan fingerprint density at radius 1 is 1.09 bits per heavy atom. The van der Waals surface area contributed by atoms with E-state index in [4.69, 9.17) is 4.74 Å². The van der Waals surface area contributed by atoms with Crippen molar-refractivity contribution >= 4 is 49.8 Å². The molecule has 0 atom stereocenters. The van der Waals surface area contributed by atoms with Crippen LogP contribution in [-0.2, 0) is 16.4 Å². The van der Waals surface area contributed by atoms with Crippen LogP contribution in [0.5, 0.6) is 5.75 Å². The first-order valence-corrected chi connectivity index (χ1v) is 13.2. The molecule has 4 rings (SSSR count). The second-order valence-electron chi connectivity index (χ2n) is 8.74. The van der Waals surface area contributed by atoms with Crippen LogP contribution in [0.15, 0.2) is 77.7 Å². The number of methoxy groups -OCH3 is 1. The van der Waals surface area contributed by atoms with Gasteiger partial charge in [0.1, 0.15) is 10.6 Å². The summed E-state index contributed by atoms with van der Waals surface area (Å²) < 4.78 is 34.0. The third-order valence-electron chi connectivity index (χ3n) is 5.54. The highest BCUT2D eigenvalue weighted by Crippen LogP contribution is 2.32.